The number of rotatable bonds is 11. The summed E-state index contributed by atoms with van der Waals surface area (Å²) in [5.74, 6) is 0.708. The Morgan fingerprint density at radius 3 is 1.76 bits per heavy atom. The zero-order chi connectivity index (χ0) is 27.1. The molecular weight excluding hydrogens is 490 g/mol. The van der Waals surface area contributed by atoms with E-state index < -0.39 is 11.6 Å². The van der Waals surface area contributed by atoms with Crippen LogP contribution in [0.2, 0.25) is 0 Å². The molecule has 7 heteroatoms. The number of aryl methyl sites for hydroxylation is 1. The molecule has 0 aromatic heterocycles. The first-order valence-electron chi connectivity index (χ1n) is 12.8. The van der Waals surface area contributed by atoms with Gasteiger partial charge in [-0.05, 0) is 73.2 Å². The van der Waals surface area contributed by atoms with Gasteiger partial charge in [-0.25, -0.2) is 4.79 Å². The van der Waals surface area contributed by atoms with Crippen molar-refractivity contribution in [3.8, 4) is 11.5 Å². The van der Waals surface area contributed by atoms with Crippen LogP contribution in [0.3, 0.4) is 0 Å². The number of aliphatic hydroxyl groups is 1. The van der Waals surface area contributed by atoms with Crippen LogP contribution < -0.4 is 9.47 Å². The van der Waals surface area contributed by atoms with Crippen molar-refractivity contribution in [3.05, 3.63) is 107 Å². The molecule has 1 heterocycles. The molecule has 7 nitrogen and oxygen atoms in total. The molecule has 0 unspecified atom stereocenters. The van der Waals surface area contributed by atoms with Crippen LogP contribution in [0.4, 0.5) is 0 Å². The summed E-state index contributed by atoms with van der Waals surface area (Å²) in [7, 11) is 0. The van der Waals surface area contributed by atoms with E-state index in [1.165, 1.54) is 0 Å². The van der Waals surface area contributed by atoms with Crippen LogP contribution in [-0.4, -0.2) is 35.3 Å². The Morgan fingerprint density at radius 1 is 0.868 bits per heavy atom. The molecule has 0 bridgehead atoms. The Balaban J connectivity index is 1.55. The summed E-state index contributed by atoms with van der Waals surface area (Å²) in [5.41, 5.74) is 2.03. The number of nitrogens with zero attached hydrogens (tertiary/aromatic N) is 1. The SMILES string of the molecule is C=C1CCC(=O)N1OC(=O)CCc1ccc(C(O)(c2ccc([18O][13CH2][13CH3])cc2)c2ccc([18O][13CH2][13CH3])cc2)cc1. The van der Waals surface area contributed by atoms with Crippen molar-refractivity contribution < 1.29 is 29.0 Å². The Kier molecular flexibility index (Phi) is 8.48. The van der Waals surface area contributed by atoms with Gasteiger partial charge >= 0.3 is 5.97 Å². The molecule has 1 amide bonds. The number of carbonyl (C=O) groups is 2. The Bertz CT molecular complexity index is 1200. The van der Waals surface area contributed by atoms with Crippen molar-refractivity contribution in [1.82, 2.24) is 5.06 Å². The van der Waals surface area contributed by atoms with Gasteiger partial charge in [0, 0.05) is 6.42 Å². The lowest BCUT2D eigenvalue weighted by atomic mass is 9.80. The van der Waals surface area contributed by atoms with E-state index in [1.807, 2.05) is 86.6 Å². The summed E-state index contributed by atoms with van der Waals surface area (Å²) in [6.07, 6.45) is 1.34. The first-order valence-corrected chi connectivity index (χ1v) is 12.8. The molecule has 0 saturated carbocycles. The summed E-state index contributed by atoms with van der Waals surface area (Å²) in [5, 5.41) is 13.2. The van der Waals surface area contributed by atoms with Crippen molar-refractivity contribution in [2.45, 2.75) is 45.1 Å². The van der Waals surface area contributed by atoms with Gasteiger partial charge in [0.2, 0.25) is 0 Å². The fourth-order valence-corrected chi connectivity index (χ4v) is 4.47. The highest BCUT2D eigenvalue weighted by atomic mass is 18.4. The number of hydroxylamine groups is 2. The normalized spacial score (nSPS) is 13.5. The molecule has 3 aromatic rings. The maximum absolute atomic E-state index is 12.3. The molecular formula is C31H33NO6. The third kappa shape index (κ3) is 5.89. The molecule has 0 aliphatic carbocycles. The number of hydrogen-bond acceptors (Lipinski definition) is 6. The van der Waals surface area contributed by atoms with Gasteiger partial charge in [-0.1, -0.05) is 55.1 Å². The number of allylic oxidation sites excluding steroid dienone is 1. The standard InChI is InChI=1S/C31H33NO6/c1-4-36-27-16-12-25(13-17-27)31(35,26-14-18-28(19-15-26)37-5-2)24-10-7-23(8-11-24)9-21-30(34)38-32-22(3)6-20-29(32)33/h7-8,10-19,35H,3-6,9,20-21H2,1-2H3/i1+1,2+1,4+1,5+1,36+2,37+2. The third-order valence-electron chi connectivity index (χ3n) is 6.49. The molecule has 1 saturated heterocycles. The lowest BCUT2D eigenvalue weighted by Crippen LogP contribution is -2.29. The van der Waals surface area contributed by atoms with E-state index >= 15 is 0 Å². The summed E-state index contributed by atoms with van der Waals surface area (Å²) >= 11 is 0. The molecule has 1 aliphatic rings. The minimum Gasteiger partial charge on any atom is -0.494 e. The van der Waals surface area contributed by atoms with Crippen molar-refractivity contribution >= 4 is 11.9 Å². The third-order valence-corrected chi connectivity index (χ3v) is 6.49. The van der Waals surface area contributed by atoms with Crippen molar-refractivity contribution in [1.29, 1.82) is 0 Å². The molecule has 198 valence electrons. The number of carbonyl (C=O) groups excluding carboxylic acids is 2. The number of amides is 1. The topological polar surface area (TPSA) is 85.3 Å². The molecule has 1 aliphatic heterocycles. The van der Waals surface area contributed by atoms with Gasteiger partial charge in [0.05, 0.1) is 25.3 Å². The second kappa shape index (κ2) is 12.0. The van der Waals surface area contributed by atoms with E-state index in [9.17, 15) is 14.7 Å². The van der Waals surface area contributed by atoms with Gasteiger partial charge in [-0.3, -0.25) is 4.79 Å². The molecule has 0 radical (unpaired) electrons. The first kappa shape index (κ1) is 26.9. The van der Waals surface area contributed by atoms with Gasteiger partial charge < -0.3 is 19.4 Å². The van der Waals surface area contributed by atoms with Crippen LogP contribution in [0.25, 0.3) is 0 Å². The molecule has 4 rings (SSSR count). The summed E-state index contributed by atoms with van der Waals surface area (Å²) in [6.45, 7) is 8.72. The maximum Gasteiger partial charge on any atom is 0.333 e. The summed E-state index contributed by atoms with van der Waals surface area (Å²) in [4.78, 5) is 29.3. The molecule has 0 atom stereocenters. The van der Waals surface area contributed by atoms with Gasteiger partial charge in [-0.2, -0.15) is 0 Å². The van der Waals surface area contributed by atoms with Crippen LogP contribution in [0.5, 0.6) is 11.5 Å². The minimum absolute atomic E-state index is 0.110. The minimum atomic E-state index is -1.43. The highest BCUT2D eigenvalue weighted by molar-refractivity contribution is 5.82. The Hall–Kier alpha value is -4.10. The highest BCUT2D eigenvalue weighted by Crippen LogP contribution is 2.38. The van der Waals surface area contributed by atoms with Gasteiger partial charge in [0.1, 0.15) is 17.1 Å². The molecule has 1 N–H and O–H groups in total. The van der Waals surface area contributed by atoms with Crippen molar-refractivity contribution in [3.63, 3.8) is 0 Å². The average molecular weight is 524 g/mol. The summed E-state index contributed by atoms with van der Waals surface area (Å²) < 4.78 is 11.2. The Labute approximate surface area is 223 Å². The maximum atomic E-state index is 12.3. The lowest BCUT2D eigenvalue weighted by Gasteiger charge is -2.30. The van der Waals surface area contributed by atoms with Crippen LogP contribution in [0.1, 0.15) is 55.4 Å². The first-order chi connectivity index (χ1) is 18.3. The molecule has 3 aromatic carbocycles. The van der Waals surface area contributed by atoms with Gasteiger partial charge in [0.25, 0.3) is 5.91 Å². The number of ether oxygens (including phenoxy) is 2. The van der Waals surface area contributed by atoms with E-state index in [0.717, 1.165) is 22.1 Å². The second-order valence-electron chi connectivity index (χ2n) is 9.04. The van der Waals surface area contributed by atoms with Crippen LogP contribution in [-0.2, 0) is 26.4 Å². The predicted molar refractivity (Wildman–Crippen MR) is 143 cm³/mol. The number of benzene rings is 3. The summed E-state index contributed by atoms with van der Waals surface area (Å²) in [6, 6.07) is 22.3. The fraction of sp³-hybridized carbons (Fsp3) is 0.290. The predicted octanol–water partition coefficient (Wildman–Crippen LogP) is 5.30. The zero-order valence-corrected chi connectivity index (χ0v) is 21.8. The van der Waals surface area contributed by atoms with Gasteiger partial charge in [0.15, 0.2) is 0 Å². The van der Waals surface area contributed by atoms with Crippen molar-refractivity contribution in [2.24, 2.45) is 0 Å². The van der Waals surface area contributed by atoms with E-state index in [1.54, 1.807) is 0 Å². The molecule has 1 fully saturated rings. The highest BCUT2D eigenvalue weighted by Gasteiger charge is 2.34. The van der Waals surface area contributed by atoms with Gasteiger partial charge in [-0.15, -0.1) is 5.06 Å². The zero-order valence-electron chi connectivity index (χ0n) is 21.8. The van der Waals surface area contributed by atoms with Crippen LogP contribution in [0.15, 0.2) is 85.1 Å². The number of hydrogen-bond donors (Lipinski definition) is 1. The molecule has 38 heavy (non-hydrogen) atoms. The monoisotopic (exact) mass is 523 g/mol. The van der Waals surface area contributed by atoms with Crippen molar-refractivity contribution in [2.75, 3.05) is 13.2 Å². The van der Waals surface area contributed by atoms with E-state index in [-0.39, 0.29) is 12.3 Å². The van der Waals surface area contributed by atoms with E-state index in [0.29, 0.717) is 54.9 Å². The van der Waals surface area contributed by atoms with E-state index in [4.69, 9.17) is 14.3 Å². The average Bonchev–Trinajstić information content (AvgIpc) is 3.25. The van der Waals surface area contributed by atoms with E-state index in [2.05, 4.69) is 6.58 Å². The Morgan fingerprint density at radius 2 is 1.34 bits per heavy atom. The largest absolute Gasteiger partial charge is 0.494 e. The smallest absolute Gasteiger partial charge is 0.333 e. The van der Waals surface area contributed by atoms with Crippen LogP contribution >= 0.6 is 0 Å². The fourth-order valence-electron chi connectivity index (χ4n) is 4.47. The molecule has 0 spiro atoms. The second-order valence-corrected chi connectivity index (χ2v) is 9.04. The quantitative estimate of drug-likeness (QED) is 0.209. The van der Waals surface area contributed by atoms with Crippen LogP contribution in [0, 0.1) is 0 Å². The lowest BCUT2D eigenvalue weighted by molar-refractivity contribution is -0.186.